The first kappa shape index (κ1) is 44.1. The number of aryl methyl sites for hydroxylation is 1. The van der Waals surface area contributed by atoms with Crippen LogP contribution in [-0.4, -0.2) is 29.2 Å². The van der Waals surface area contributed by atoms with Gasteiger partial charge in [-0.2, -0.15) is 0 Å². The van der Waals surface area contributed by atoms with Gasteiger partial charge < -0.3 is 29.3 Å². The minimum atomic E-state index is -0.483. The Balaban J connectivity index is 0.000000235. The van der Waals surface area contributed by atoms with Crippen LogP contribution in [0.15, 0.2) is 112 Å². The van der Waals surface area contributed by atoms with E-state index in [2.05, 4.69) is 31.9 Å². The molecule has 0 saturated carbocycles. The number of aromatic nitrogens is 1. The summed E-state index contributed by atoms with van der Waals surface area (Å²) in [5.74, 6) is -0.701. The van der Waals surface area contributed by atoms with Gasteiger partial charge in [0.1, 0.15) is 42.1 Å². The summed E-state index contributed by atoms with van der Waals surface area (Å²) in [5.41, 5.74) is 11.0. The molecule has 2 N–H and O–H groups in total. The number of hydrogen-bond donors (Lipinski definition) is 1. The Kier molecular flexibility index (Phi) is 15.3. The number of methoxy groups -OCH3 is 1. The maximum absolute atomic E-state index is 14.3. The molecule has 0 spiro atoms. The van der Waals surface area contributed by atoms with E-state index < -0.39 is 11.8 Å². The summed E-state index contributed by atoms with van der Waals surface area (Å²) < 4.78 is 47.9. The Labute approximate surface area is 361 Å². The molecule has 14 heteroatoms. The largest absolute Gasteiger partial charge is 0.488 e. The zero-order valence-electron chi connectivity index (χ0n) is 31.4. The average Bonchev–Trinajstić information content (AvgIpc) is 3.57. The van der Waals surface area contributed by atoms with E-state index in [1.165, 1.54) is 32.2 Å². The number of hydrogen-bond acceptors (Lipinski definition) is 7. The molecule has 0 aliphatic heterocycles. The zero-order chi connectivity index (χ0) is 42.1. The molecular formula is C44H36Br2Cl2F2N2O6. The summed E-state index contributed by atoms with van der Waals surface area (Å²) >= 11 is 18.7. The monoisotopic (exact) mass is 954 g/mol. The van der Waals surface area contributed by atoms with Crippen molar-refractivity contribution in [3.63, 3.8) is 0 Å². The number of carbonyl (C=O) groups excluding carboxylic acids is 3. The molecule has 0 fully saturated rings. The third-order valence-electron chi connectivity index (χ3n) is 8.66. The van der Waals surface area contributed by atoms with E-state index in [9.17, 15) is 23.2 Å². The normalized spacial score (nSPS) is 10.7. The number of Topliss-reactive ketones (excluding diaryl/α,β-unsaturated/α-hetero) is 2. The number of halogens is 6. The molecule has 1 aromatic heterocycles. The summed E-state index contributed by atoms with van der Waals surface area (Å²) in [6, 6.07) is 28.3. The van der Waals surface area contributed by atoms with E-state index >= 15 is 0 Å². The van der Waals surface area contributed by atoms with Crippen molar-refractivity contribution in [2.24, 2.45) is 0 Å². The molecule has 0 saturated heterocycles. The van der Waals surface area contributed by atoms with Gasteiger partial charge >= 0.3 is 5.97 Å². The highest BCUT2D eigenvalue weighted by Crippen LogP contribution is 2.37. The second-order valence-electron chi connectivity index (χ2n) is 13.0. The van der Waals surface area contributed by atoms with E-state index in [4.69, 9.17) is 43.1 Å². The van der Waals surface area contributed by atoms with Crippen LogP contribution < -0.4 is 15.2 Å². The molecular weight excluding hydrogens is 921 g/mol. The van der Waals surface area contributed by atoms with E-state index in [0.717, 1.165) is 11.4 Å². The number of esters is 1. The Morgan fingerprint density at radius 2 is 1.31 bits per heavy atom. The van der Waals surface area contributed by atoms with Crippen LogP contribution in [0.3, 0.4) is 0 Å². The predicted molar refractivity (Wildman–Crippen MR) is 229 cm³/mol. The number of carbonyl (C=O) groups is 3. The number of nitrogens with zero attached hydrogens (tertiary/aromatic N) is 1. The number of rotatable bonds is 13. The number of nitrogen functional groups attached to an aromatic ring is 1. The van der Waals surface area contributed by atoms with Gasteiger partial charge in [0.15, 0.2) is 5.78 Å². The first-order chi connectivity index (χ1) is 27.6. The first-order valence-electron chi connectivity index (χ1n) is 17.6. The zero-order valence-corrected chi connectivity index (χ0v) is 36.1. The molecule has 0 unspecified atom stereocenters. The Morgan fingerprint density at radius 1 is 0.724 bits per heavy atom. The topological polar surface area (TPSA) is 110 Å². The van der Waals surface area contributed by atoms with Gasteiger partial charge in [-0.1, -0.05) is 67.2 Å². The molecule has 300 valence electrons. The maximum atomic E-state index is 14.3. The Morgan fingerprint density at radius 3 is 1.90 bits per heavy atom. The second-order valence-corrected chi connectivity index (χ2v) is 15.7. The molecule has 0 atom stereocenters. The van der Waals surface area contributed by atoms with Crippen molar-refractivity contribution in [2.75, 3.05) is 12.8 Å². The van der Waals surface area contributed by atoms with Crippen LogP contribution >= 0.6 is 55.1 Å². The van der Waals surface area contributed by atoms with Crippen molar-refractivity contribution < 1.29 is 37.4 Å². The molecule has 6 aromatic rings. The average molecular weight is 957 g/mol. The highest BCUT2D eigenvalue weighted by atomic mass is 79.9. The summed E-state index contributed by atoms with van der Waals surface area (Å²) in [5, 5.41) is 0.911. The molecule has 0 bridgehead atoms. The molecule has 1 heterocycles. The van der Waals surface area contributed by atoms with Crippen molar-refractivity contribution >= 4 is 78.3 Å². The van der Waals surface area contributed by atoms with Gasteiger partial charge in [0.25, 0.3) is 0 Å². The summed E-state index contributed by atoms with van der Waals surface area (Å²) in [7, 11) is 1.32. The van der Waals surface area contributed by atoms with E-state index in [1.54, 1.807) is 72.8 Å². The molecule has 0 radical (unpaired) electrons. The third-order valence-corrected chi connectivity index (χ3v) is 10.1. The molecule has 0 aliphatic rings. The summed E-state index contributed by atoms with van der Waals surface area (Å²) in [4.78, 5) is 35.5. The van der Waals surface area contributed by atoms with Gasteiger partial charge in [-0.25, -0.2) is 13.6 Å². The van der Waals surface area contributed by atoms with Gasteiger partial charge in [-0.3, -0.25) is 4.79 Å². The number of ketones is 2. The quantitative estimate of drug-likeness (QED) is 0.0697. The van der Waals surface area contributed by atoms with Crippen molar-refractivity contribution in [2.45, 2.75) is 39.9 Å². The molecule has 0 amide bonds. The Bertz CT molecular complexity index is 2490. The van der Waals surface area contributed by atoms with Crippen LogP contribution in [0.25, 0.3) is 16.9 Å². The predicted octanol–water partition coefficient (Wildman–Crippen LogP) is 12.3. The van der Waals surface area contributed by atoms with E-state index in [-0.39, 0.29) is 43.4 Å². The van der Waals surface area contributed by atoms with Crippen LogP contribution in [0.2, 0.25) is 10.0 Å². The van der Waals surface area contributed by atoms with Crippen LogP contribution in [0.4, 0.5) is 14.5 Å². The maximum Gasteiger partial charge on any atom is 0.337 e. The lowest BCUT2D eigenvalue weighted by Crippen LogP contribution is -2.07. The van der Waals surface area contributed by atoms with Crippen molar-refractivity contribution in [3.05, 3.63) is 162 Å². The lowest BCUT2D eigenvalue weighted by Gasteiger charge is -2.17. The van der Waals surface area contributed by atoms with Gasteiger partial charge in [0.2, 0.25) is 0 Å². The second kappa shape index (κ2) is 20.1. The lowest BCUT2D eigenvalue weighted by molar-refractivity contribution is -0.117. The van der Waals surface area contributed by atoms with Crippen LogP contribution in [0.5, 0.6) is 11.5 Å². The standard InChI is InChI=1S/C26H21BrClFN2O3.C18H15BrClFO3/c1-15-3-7-24(31(15)21-10-17(26(32)33-2)9-20(30)13-21)22-12-19(28)6-8-25(22)34-14-16-4-5-18(27)11-23(16)29;1-11(22)2-6-17(23)15-9-14(20)5-7-18(15)24-10-12-3-4-13(19)8-16(12)21/h3-13H,14,30H2,1-2H3;3-5,7-9H,2,6,10H2,1H3. The number of nitrogens with two attached hydrogens (primary N) is 1. The van der Waals surface area contributed by atoms with Crippen molar-refractivity contribution in [1.29, 1.82) is 0 Å². The number of ether oxygens (including phenoxy) is 3. The van der Waals surface area contributed by atoms with Gasteiger partial charge in [0.05, 0.1) is 23.9 Å². The van der Waals surface area contributed by atoms with Gasteiger partial charge in [-0.05, 0) is 105 Å². The molecule has 0 aliphatic carbocycles. The van der Waals surface area contributed by atoms with Crippen LogP contribution in [0, 0.1) is 18.6 Å². The molecule has 5 aromatic carbocycles. The third kappa shape index (κ3) is 11.6. The SMILES string of the molecule is CC(=O)CCC(=O)c1cc(Cl)ccc1OCc1ccc(Br)cc1F.COC(=O)c1cc(N)cc(-n2c(C)ccc2-c2cc(Cl)ccc2OCc2ccc(Br)cc2F)c1. The minimum Gasteiger partial charge on any atom is -0.488 e. The summed E-state index contributed by atoms with van der Waals surface area (Å²) in [6.07, 6.45) is 0.241. The lowest BCUT2D eigenvalue weighted by atomic mass is 10.0. The molecule has 58 heavy (non-hydrogen) atoms. The highest BCUT2D eigenvalue weighted by molar-refractivity contribution is 9.10. The minimum absolute atomic E-state index is 0.0201. The van der Waals surface area contributed by atoms with Crippen molar-refractivity contribution in [1.82, 2.24) is 4.57 Å². The number of anilines is 1. The van der Waals surface area contributed by atoms with Crippen LogP contribution in [-0.2, 0) is 22.7 Å². The van der Waals surface area contributed by atoms with E-state index in [0.29, 0.717) is 69.7 Å². The molecule has 8 nitrogen and oxygen atoms in total. The number of benzene rings is 5. The van der Waals surface area contributed by atoms with E-state index in [1.807, 2.05) is 23.6 Å². The fourth-order valence-corrected chi connectivity index (χ4v) is 6.79. The Hall–Kier alpha value is -5.01. The van der Waals surface area contributed by atoms with Gasteiger partial charge in [0, 0.05) is 65.6 Å². The van der Waals surface area contributed by atoms with Crippen molar-refractivity contribution in [3.8, 4) is 28.4 Å². The van der Waals surface area contributed by atoms with Crippen LogP contribution in [0.1, 0.15) is 57.3 Å². The fraction of sp³-hybridized carbons (Fsp3) is 0.159. The molecule has 6 rings (SSSR count). The fourth-order valence-electron chi connectivity index (χ4n) is 5.78. The van der Waals surface area contributed by atoms with Gasteiger partial charge in [-0.15, -0.1) is 0 Å². The smallest absolute Gasteiger partial charge is 0.337 e. The first-order valence-corrected chi connectivity index (χ1v) is 19.9. The summed E-state index contributed by atoms with van der Waals surface area (Å²) in [6.45, 7) is 3.39. The highest BCUT2D eigenvalue weighted by Gasteiger charge is 2.19.